The standard InChI is InChI=1S/C115H115N7/c1-108(2,3)69-31-43-95-82(56-69)83-57-70(109(4,5)6)32-44-96(83)118(95)78-39-51-103-90(64-78)91-65-79(119-97-45-33-71(110(7,8)9)58-84(97)85-59-72(111(10,11)12)34-46-98(85)119)40-52-104(91)117(103)77-28-25-27-68(55-77)94-29-26-30-107(116-94)122-105-53-41-80(120-99-47-35-73(112(13,14)15)60-86(99)87-61-74(113(16,17)18)36-48-100(87)120)66-92(105)93-67-81(42-54-106(93)122)121-101-49-37-75(114(19,20)21)62-88(101)89-63-76(115(22,23)24)38-50-102(89)121/h25-67H,1-24H3. The van der Waals surface area contributed by atoms with Gasteiger partial charge in [-0.1, -0.05) is 233 Å². The van der Waals surface area contributed by atoms with Crippen molar-refractivity contribution in [3.05, 3.63) is 305 Å². The summed E-state index contributed by atoms with van der Waals surface area (Å²) in [5.41, 5.74) is 31.7. The molecule has 7 nitrogen and oxygen atoms in total. The van der Waals surface area contributed by atoms with Gasteiger partial charge in [0.05, 0.1) is 71.9 Å². The van der Waals surface area contributed by atoms with Crippen LogP contribution < -0.4 is 0 Å². The Balaban J connectivity index is 0.788. The van der Waals surface area contributed by atoms with E-state index in [1.807, 2.05) is 0 Å². The van der Waals surface area contributed by atoms with Gasteiger partial charge < -0.3 is 22.8 Å². The molecule has 13 aromatic carbocycles. The Morgan fingerprint density at radius 3 is 0.557 bits per heavy atom. The maximum absolute atomic E-state index is 5.85. The predicted octanol–water partition coefficient (Wildman–Crippen LogP) is 31.7. The third kappa shape index (κ3) is 12.7. The lowest BCUT2D eigenvalue weighted by Gasteiger charge is -2.19. The molecular weight excluding hydrogens is 1480 g/mol. The summed E-state index contributed by atoms with van der Waals surface area (Å²) in [7, 11) is 0. The molecule has 0 N–H and O–H groups in total. The highest BCUT2D eigenvalue weighted by atomic mass is 15.1. The Morgan fingerprint density at radius 2 is 0.344 bits per heavy atom. The van der Waals surface area contributed by atoms with Gasteiger partial charge in [0.15, 0.2) is 0 Å². The lowest BCUT2D eigenvalue weighted by molar-refractivity contribution is 0.590. The Bertz CT molecular complexity index is 6650. The number of aromatic nitrogens is 7. The fourth-order valence-electron chi connectivity index (χ4n) is 19.5. The number of nitrogens with zero attached hydrogens (tertiary/aromatic N) is 7. The highest BCUT2D eigenvalue weighted by Gasteiger charge is 2.30. The van der Waals surface area contributed by atoms with Crippen LogP contribution in [0.2, 0.25) is 0 Å². The van der Waals surface area contributed by atoms with Crippen molar-refractivity contribution in [2.24, 2.45) is 0 Å². The number of hydrogen-bond donors (Lipinski definition) is 0. The topological polar surface area (TPSA) is 42.5 Å². The van der Waals surface area contributed by atoms with E-state index >= 15 is 0 Å². The molecule has 122 heavy (non-hydrogen) atoms. The zero-order valence-electron chi connectivity index (χ0n) is 76.0. The molecule has 7 aromatic heterocycles. The van der Waals surface area contributed by atoms with E-state index in [1.54, 1.807) is 0 Å². The van der Waals surface area contributed by atoms with E-state index < -0.39 is 0 Å². The van der Waals surface area contributed by atoms with Crippen molar-refractivity contribution in [2.75, 3.05) is 0 Å². The van der Waals surface area contributed by atoms with Crippen molar-refractivity contribution in [2.45, 2.75) is 209 Å². The number of rotatable bonds is 7. The lowest BCUT2D eigenvalue weighted by Crippen LogP contribution is -2.10. The largest absolute Gasteiger partial charge is 0.309 e. The van der Waals surface area contributed by atoms with Gasteiger partial charge in [-0.3, -0.25) is 4.57 Å². The van der Waals surface area contributed by atoms with Crippen LogP contribution in [-0.2, 0) is 43.3 Å². The van der Waals surface area contributed by atoms with Gasteiger partial charge in [0.25, 0.3) is 0 Å². The maximum Gasteiger partial charge on any atom is 0.138 e. The normalized spacial score (nSPS) is 13.4. The summed E-state index contributed by atoms with van der Waals surface area (Å²) in [6, 6.07) is 102. The summed E-state index contributed by atoms with van der Waals surface area (Å²) in [6.07, 6.45) is 0. The van der Waals surface area contributed by atoms with E-state index in [9.17, 15) is 0 Å². The van der Waals surface area contributed by atoms with Crippen molar-refractivity contribution in [1.29, 1.82) is 0 Å². The van der Waals surface area contributed by atoms with Crippen LogP contribution in [0.25, 0.3) is 176 Å². The van der Waals surface area contributed by atoms with Crippen LogP contribution in [0.4, 0.5) is 0 Å². The van der Waals surface area contributed by atoms with Gasteiger partial charge in [-0.2, -0.15) is 0 Å². The molecule has 0 saturated carbocycles. The Labute approximate surface area is 718 Å². The van der Waals surface area contributed by atoms with Crippen molar-refractivity contribution in [3.63, 3.8) is 0 Å². The van der Waals surface area contributed by atoms with Crippen molar-refractivity contribution in [3.8, 4) is 45.5 Å². The van der Waals surface area contributed by atoms with E-state index in [0.29, 0.717) is 0 Å². The van der Waals surface area contributed by atoms with Gasteiger partial charge in [-0.05, 0) is 282 Å². The highest BCUT2D eigenvalue weighted by molar-refractivity contribution is 6.17. The van der Waals surface area contributed by atoms with E-state index in [-0.39, 0.29) is 43.3 Å². The zero-order valence-corrected chi connectivity index (χ0v) is 76.0. The van der Waals surface area contributed by atoms with E-state index in [0.717, 1.165) is 78.4 Å². The van der Waals surface area contributed by atoms with E-state index in [2.05, 4.69) is 454 Å². The number of pyridine rings is 1. The molecule has 0 unspecified atom stereocenters. The smallest absolute Gasteiger partial charge is 0.138 e. The molecule has 0 aliphatic heterocycles. The summed E-state index contributed by atoms with van der Waals surface area (Å²) in [6.45, 7) is 55.8. The number of hydrogen-bond acceptors (Lipinski definition) is 1. The molecule has 0 bridgehead atoms. The molecule has 0 atom stereocenters. The molecule has 7 heteroatoms. The number of benzene rings is 13. The Kier molecular flexibility index (Phi) is 17.1. The van der Waals surface area contributed by atoms with Crippen molar-refractivity contribution < 1.29 is 0 Å². The van der Waals surface area contributed by atoms with Crippen LogP contribution in [0.1, 0.15) is 211 Å². The van der Waals surface area contributed by atoms with Gasteiger partial charge in [0, 0.05) is 98.6 Å². The van der Waals surface area contributed by atoms with Crippen LogP contribution >= 0.6 is 0 Å². The minimum Gasteiger partial charge on any atom is -0.309 e. The number of fused-ring (bicyclic) bond motifs is 18. The quantitative estimate of drug-likeness (QED) is 0.157. The molecule has 0 radical (unpaired) electrons. The molecule has 0 aliphatic carbocycles. The average Bonchev–Trinajstić information content (AvgIpc) is 1.57. The minimum absolute atomic E-state index is 0.0284. The van der Waals surface area contributed by atoms with Crippen molar-refractivity contribution in [1.82, 2.24) is 32.4 Å². The van der Waals surface area contributed by atoms with Crippen LogP contribution in [0, 0.1) is 0 Å². The van der Waals surface area contributed by atoms with Gasteiger partial charge >= 0.3 is 0 Å². The van der Waals surface area contributed by atoms with Gasteiger partial charge in [-0.25, -0.2) is 4.98 Å². The second-order valence-corrected chi connectivity index (χ2v) is 43.6. The molecule has 0 fully saturated rings. The predicted molar refractivity (Wildman–Crippen MR) is 525 cm³/mol. The fourth-order valence-corrected chi connectivity index (χ4v) is 19.5. The Morgan fingerprint density at radius 1 is 0.164 bits per heavy atom. The summed E-state index contributed by atoms with van der Waals surface area (Å²) in [4.78, 5) is 5.85. The van der Waals surface area contributed by atoms with Crippen LogP contribution in [0.15, 0.2) is 261 Å². The molecule has 0 spiro atoms. The molecule has 20 rings (SSSR count). The second kappa shape index (κ2) is 26.7. The van der Waals surface area contributed by atoms with Gasteiger partial charge in [0.1, 0.15) is 5.82 Å². The third-order valence-corrected chi connectivity index (χ3v) is 26.8. The second-order valence-electron chi connectivity index (χ2n) is 43.6. The lowest BCUT2D eigenvalue weighted by atomic mass is 9.85. The summed E-state index contributed by atoms with van der Waals surface area (Å²) >= 11 is 0. The first-order chi connectivity index (χ1) is 57.5. The molecule has 0 saturated heterocycles. The highest BCUT2D eigenvalue weighted by Crippen LogP contribution is 2.48. The molecule has 0 aliphatic rings. The average molecular weight is 1600 g/mol. The maximum atomic E-state index is 5.85. The van der Waals surface area contributed by atoms with E-state index in [1.165, 1.54) is 143 Å². The van der Waals surface area contributed by atoms with Crippen LogP contribution in [0.5, 0.6) is 0 Å². The molecule has 7 heterocycles. The Hall–Kier alpha value is -12.2. The molecule has 610 valence electrons. The fraction of sp³-hybridized carbons (Fsp3) is 0.278. The van der Waals surface area contributed by atoms with Gasteiger partial charge in [-0.15, -0.1) is 0 Å². The third-order valence-electron chi connectivity index (χ3n) is 26.8. The zero-order chi connectivity index (χ0) is 85.7. The van der Waals surface area contributed by atoms with Gasteiger partial charge in [0.2, 0.25) is 0 Å². The first-order valence-corrected chi connectivity index (χ1v) is 44.1. The molecule has 20 aromatic rings. The van der Waals surface area contributed by atoms with E-state index in [4.69, 9.17) is 4.98 Å². The first kappa shape index (κ1) is 78.4. The summed E-state index contributed by atoms with van der Waals surface area (Å²) in [5, 5.41) is 14.8. The molecule has 0 amide bonds. The summed E-state index contributed by atoms with van der Waals surface area (Å²) < 4.78 is 15.0. The van der Waals surface area contributed by atoms with Crippen LogP contribution in [-0.4, -0.2) is 32.4 Å². The SMILES string of the molecule is CC(C)(C)c1ccc2c(c1)c1cc(C(C)(C)C)ccc1n2-c1ccc2c(c1)c1cc(-n3c4ccc(C(C)(C)C)cc4c4cc(C(C)(C)C)ccc43)ccc1n2-c1cccc(-c2cccc(-n3c4ccc(-n5c6ccc(C(C)(C)C)cc6c6cc(C(C)(C)C)ccc65)cc4c4cc(-n5c6ccc(C(C)(C)C)cc6c6cc(C(C)(C)C)ccc65)ccc43)n2)c1. The van der Waals surface area contributed by atoms with Crippen molar-refractivity contribution >= 4 is 131 Å². The monoisotopic (exact) mass is 1590 g/mol. The minimum atomic E-state index is -0.0304. The molecular formula is C115H115N7. The summed E-state index contributed by atoms with van der Waals surface area (Å²) in [5.74, 6) is 0.844. The first-order valence-electron chi connectivity index (χ1n) is 44.1. The van der Waals surface area contributed by atoms with Crippen LogP contribution in [0.3, 0.4) is 0 Å².